The van der Waals surface area contributed by atoms with Crippen LogP contribution in [0.4, 0.5) is 11.4 Å². The smallest absolute Gasteiger partial charge is 0.337 e. The third-order valence-corrected chi connectivity index (χ3v) is 4.88. The summed E-state index contributed by atoms with van der Waals surface area (Å²) >= 11 is 0. The van der Waals surface area contributed by atoms with Crippen LogP contribution in [0.15, 0.2) is 77.8 Å². The van der Waals surface area contributed by atoms with Crippen LogP contribution in [0, 0.1) is 0 Å². The highest BCUT2D eigenvalue weighted by Crippen LogP contribution is 2.32. The molecule has 0 saturated carbocycles. The van der Waals surface area contributed by atoms with Crippen molar-refractivity contribution in [2.75, 3.05) is 19.5 Å². The Kier molecular flexibility index (Phi) is 5.22. The molecule has 0 fully saturated rings. The molecule has 0 spiro atoms. The highest BCUT2D eigenvalue weighted by atomic mass is 16.5. The summed E-state index contributed by atoms with van der Waals surface area (Å²) in [5, 5.41) is 14.5. The molecule has 0 unspecified atom stereocenters. The van der Waals surface area contributed by atoms with Crippen molar-refractivity contribution in [1.29, 1.82) is 0 Å². The molecule has 4 aromatic rings. The third-order valence-electron chi connectivity index (χ3n) is 4.88. The van der Waals surface area contributed by atoms with Crippen molar-refractivity contribution < 1.29 is 14.6 Å². The maximum Gasteiger partial charge on any atom is 0.337 e. The number of benzene rings is 3. The van der Waals surface area contributed by atoms with Crippen molar-refractivity contribution in [2.45, 2.75) is 0 Å². The van der Waals surface area contributed by atoms with Gasteiger partial charge in [0.1, 0.15) is 0 Å². The number of aliphatic imine (C=N–C) groups is 1. The molecule has 0 saturated heterocycles. The van der Waals surface area contributed by atoms with Gasteiger partial charge in [-0.05, 0) is 42.5 Å². The van der Waals surface area contributed by atoms with Gasteiger partial charge >= 0.3 is 5.97 Å². The zero-order valence-corrected chi connectivity index (χ0v) is 16.6. The lowest BCUT2D eigenvalue weighted by Crippen LogP contribution is -2.04. The van der Waals surface area contributed by atoms with E-state index in [1.807, 2.05) is 61.6 Å². The summed E-state index contributed by atoms with van der Waals surface area (Å²) in [5.74, 6) is -0.453. The number of methoxy groups -OCH3 is 1. The fourth-order valence-electron chi connectivity index (χ4n) is 3.35. The van der Waals surface area contributed by atoms with Gasteiger partial charge in [0.15, 0.2) is 5.88 Å². The molecular weight excluding hydrogens is 378 g/mol. The third kappa shape index (κ3) is 3.63. The van der Waals surface area contributed by atoms with Crippen LogP contribution in [0.3, 0.4) is 0 Å². The first kappa shape index (κ1) is 19.3. The number of anilines is 1. The largest absolute Gasteiger partial charge is 0.494 e. The number of nitrogens with one attached hydrogen (secondary N) is 2. The average molecular weight is 399 g/mol. The Hall–Kier alpha value is -4.06. The molecule has 0 aliphatic carbocycles. The number of fused-ring (bicyclic) bond motifs is 1. The molecule has 0 aliphatic rings. The van der Waals surface area contributed by atoms with Crippen LogP contribution in [0.5, 0.6) is 5.88 Å². The Morgan fingerprint density at radius 2 is 1.73 bits per heavy atom. The summed E-state index contributed by atoms with van der Waals surface area (Å²) < 4.78 is 4.85. The van der Waals surface area contributed by atoms with Crippen LogP contribution in [0.2, 0.25) is 0 Å². The second kappa shape index (κ2) is 8.13. The van der Waals surface area contributed by atoms with Crippen LogP contribution in [0.25, 0.3) is 10.9 Å². The Morgan fingerprint density at radius 1 is 1.00 bits per heavy atom. The number of carbonyl (C=O) groups is 1. The summed E-state index contributed by atoms with van der Waals surface area (Å²) in [7, 11) is 3.20. The van der Waals surface area contributed by atoms with E-state index in [0.717, 1.165) is 16.9 Å². The molecule has 0 amide bonds. The van der Waals surface area contributed by atoms with E-state index in [-0.39, 0.29) is 5.88 Å². The van der Waals surface area contributed by atoms with Crippen LogP contribution in [0.1, 0.15) is 21.5 Å². The van der Waals surface area contributed by atoms with Crippen LogP contribution < -0.4 is 5.32 Å². The Labute approximate surface area is 173 Å². The predicted octanol–water partition coefficient (Wildman–Crippen LogP) is 4.87. The molecule has 6 nitrogen and oxygen atoms in total. The lowest BCUT2D eigenvalue weighted by atomic mass is 9.99. The molecule has 30 heavy (non-hydrogen) atoms. The summed E-state index contributed by atoms with van der Waals surface area (Å²) in [6.45, 7) is 0. The monoisotopic (exact) mass is 399 g/mol. The second-order valence-corrected chi connectivity index (χ2v) is 6.72. The summed E-state index contributed by atoms with van der Waals surface area (Å²) in [4.78, 5) is 19.9. The lowest BCUT2D eigenvalue weighted by molar-refractivity contribution is 0.0601. The number of aromatic hydroxyl groups is 1. The normalized spacial score (nSPS) is 11.5. The summed E-state index contributed by atoms with van der Waals surface area (Å²) in [6, 6.07) is 22.4. The van der Waals surface area contributed by atoms with E-state index in [1.165, 1.54) is 7.11 Å². The zero-order chi connectivity index (χ0) is 21.1. The van der Waals surface area contributed by atoms with E-state index in [0.29, 0.717) is 27.7 Å². The number of esters is 1. The molecule has 0 radical (unpaired) electrons. The maximum atomic E-state index is 12.0. The van der Waals surface area contributed by atoms with Crippen molar-refractivity contribution >= 4 is 34.0 Å². The van der Waals surface area contributed by atoms with E-state index in [2.05, 4.69) is 10.3 Å². The number of hydrogen-bond acceptors (Lipinski definition) is 5. The second-order valence-electron chi connectivity index (χ2n) is 6.72. The molecule has 4 rings (SSSR count). The summed E-state index contributed by atoms with van der Waals surface area (Å²) in [5.41, 5.74) is 4.78. The van der Waals surface area contributed by atoms with Gasteiger partial charge in [-0.25, -0.2) is 9.79 Å². The molecule has 3 aromatic carbocycles. The van der Waals surface area contributed by atoms with Gasteiger partial charge in [-0.3, -0.25) is 0 Å². The van der Waals surface area contributed by atoms with E-state index in [4.69, 9.17) is 9.73 Å². The van der Waals surface area contributed by atoms with Crippen LogP contribution >= 0.6 is 0 Å². The lowest BCUT2D eigenvalue weighted by Gasteiger charge is -2.09. The molecule has 0 atom stereocenters. The minimum Gasteiger partial charge on any atom is -0.494 e. The molecule has 3 N–H and O–H groups in total. The molecule has 0 bridgehead atoms. The SMILES string of the molecule is CNc1ccc(N=C(c2ccccc2)c2c(O)[nH]c3ccc(C(=O)OC)cc23)cc1. The van der Waals surface area contributed by atoms with E-state index in [1.54, 1.807) is 18.2 Å². The van der Waals surface area contributed by atoms with Gasteiger partial charge in [-0.1, -0.05) is 30.3 Å². The van der Waals surface area contributed by atoms with Gasteiger partial charge in [0.2, 0.25) is 0 Å². The Morgan fingerprint density at radius 3 is 2.40 bits per heavy atom. The van der Waals surface area contributed by atoms with Crippen molar-refractivity contribution in [3.63, 3.8) is 0 Å². The fourth-order valence-corrected chi connectivity index (χ4v) is 3.35. The van der Waals surface area contributed by atoms with E-state index < -0.39 is 5.97 Å². The number of H-pyrrole nitrogens is 1. The minimum atomic E-state index is -0.440. The molecular formula is C24H21N3O3. The molecule has 1 aromatic heterocycles. The predicted molar refractivity (Wildman–Crippen MR) is 119 cm³/mol. The average Bonchev–Trinajstić information content (AvgIpc) is 3.12. The van der Waals surface area contributed by atoms with Gasteiger partial charge in [0.25, 0.3) is 0 Å². The Bertz CT molecular complexity index is 1230. The first-order valence-electron chi connectivity index (χ1n) is 9.46. The number of hydrogen-bond donors (Lipinski definition) is 3. The number of nitrogens with zero attached hydrogens (tertiary/aromatic N) is 1. The number of carbonyl (C=O) groups excluding carboxylic acids is 1. The molecule has 1 heterocycles. The highest BCUT2D eigenvalue weighted by molar-refractivity contribution is 6.22. The molecule has 0 aliphatic heterocycles. The Balaban J connectivity index is 1.95. The quantitative estimate of drug-likeness (QED) is 0.330. The number of aromatic amines is 1. The van der Waals surface area contributed by atoms with Gasteiger partial charge in [0.05, 0.1) is 29.6 Å². The number of rotatable bonds is 5. The first-order valence-corrected chi connectivity index (χ1v) is 9.46. The molecule has 6 heteroatoms. The zero-order valence-electron chi connectivity index (χ0n) is 16.6. The van der Waals surface area contributed by atoms with Gasteiger partial charge in [0, 0.05) is 29.2 Å². The number of aromatic nitrogens is 1. The van der Waals surface area contributed by atoms with Crippen molar-refractivity contribution in [3.05, 3.63) is 89.5 Å². The highest BCUT2D eigenvalue weighted by Gasteiger charge is 2.20. The maximum absolute atomic E-state index is 12.0. The van der Waals surface area contributed by atoms with Crippen LogP contribution in [-0.4, -0.2) is 35.9 Å². The van der Waals surface area contributed by atoms with Gasteiger partial charge < -0.3 is 20.1 Å². The fraction of sp³-hybridized carbons (Fsp3) is 0.0833. The standard InChI is InChI=1S/C24H21N3O3/c1-25-17-9-11-18(12-10-17)26-22(15-6-4-3-5-7-15)21-19-14-16(24(29)30-2)8-13-20(19)27-23(21)28/h3-14,25,27-28H,1-2H3. The van der Waals surface area contributed by atoms with E-state index in [9.17, 15) is 9.90 Å². The minimum absolute atomic E-state index is 0.0125. The molecule has 150 valence electrons. The first-order chi connectivity index (χ1) is 14.6. The van der Waals surface area contributed by atoms with Crippen LogP contribution in [-0.2, 0) is 4.74 Å². The van der Waals surface area contributed by atoms with E-state index >= 15 is 0 Å². The van der Waals surface area contributed by atoms with Crippen molar-refractivity contribution in [1.82, 2.24) is 4.98 Å². The van der Waals surface area contributed by atoms with Crippen molar-refractivity contribution in [3.8, 4) is 5.88 Å². The van der Waals surface area contributed by atoms with Crippen molar-refractivity contribution in [2.24, 2.45) is 4.99 Å². The number of ether oxygens (including phenoxy) is 1. The van der Waals surface area contributed by atoms with Gasteiger partial charge in [-0.15, -0.1) is 0 Å². The summed E-state index contributed by atoms with van der Waals surface area (Å²) in [6.07, 6.45) is 0. The van der Waals surface area contributed by atoms with Gasteiger partial charge in [-0.2, -0.15) is 0 Å². The topological polar surface area (TPSA) is 86.7 Å².